The number of likely N-dealkylation sites (tertiary alicyclic amines) is 1. The molecule has 0 radical (unpaired) electrons. The molecule has 0 aliphatic carbocycles. The van der Waals surface area contributed by atoms with Crippen molar-refractivity contribution in [2.45, 2.75) is 59.0 Å². The molecule has 1 aliphatic rings. The van der Waals surface area contributed by atoms with E-state index in [0.29, 0.717) is 49.3 Å². The molecule has 0 bridgehead atoms. The monoisotopic (exact) mass is 550 g/mol. The molecule has 1 fully saturated rings. The van der Waals surface area contributed by atoms with E-state index in [9.17, 15) is 9.59 Å². The van der Waals surface area contributed by atoms with Gasteiger partial charge in [0.15, 0.2) is 0 Å². The molecule has 0 N–H and O–H groups in total. The number of carbonyl (C=O) groups is 2. The number of halogens is 1. The number of aromatic nitrogens is 2. The van der Waals surface area contributed by atoms with E-state index in [4.69, 9.17) is 16.3 Å². The third-order valence-corrected chi connectivity index (χ3v) is 7.65. The summed E-state index contributed by atoms with van der Waals surface area (Å²) in [6, 6.07) is 19.2. The Morgan fingerprint density at radius 3 is 2.59 bits per heavy atom. The van der Waals surface area contributed by atoms with E-state index in [1.165, 1.54) is 0 Å². The van der Waals surface area contributed by atoms with Crippen molar-refractivity contribution in [3.8, 4) is 5.75 Å². The predicted octanol–water partition coefficient (Wildman–Crippen LogP) is 6.03. The van der Waals surface area contributed by atoms with Crippen LogP contribution >= 0.6 is 11.6 Å². The molecule has 4 rings (SSSR count). The first kappa shape index (κ1) is 28.7. The van der Waals surface area contributed by atoms with Gasteiger partial charge in [-0.25, -0.2) is 0 Å². The number of rotatable bonds is 10. The first-order chi connectivity index (χ1) is 18.7. The Labute approximate surface area is 236 Å². The SMILES string of the molecule is CCn1nc(C(C)C)cc1C(=O)N1CCC[C@](COc2cccc(Cl)c2)(CC(=O)N(C)Cc2ccccc2)C1. The first-order valence-electron chi connectivity index (χ1n) is 13.7. The maximum absolute atomic E-state index is 13.8. The van der Waals surface area contributed by atoms with Gasteiger partial charge in [0.1, 0.15) is 11.4 Å². The van der Waals surface area contributed by atoms with Crippen LogP contribution in [0.4, 0.5) is 0 Å². The number of carbonyl (C=O) groups excluding carboxylic acids is 2. The van der Waals surface area contributed by atoms with Crippen molar-refractivity contribution < 1.29 is 14.3 Å². The summed E-state index contributed by atoms with van der Waals surface area (Å²) in [6.07, 6.45) is 1.86. The fourth-order valence-corrected chi connectivity index (χ4v) is 5.36. The number of benzene rings is 2. The molecule has 1 aliphatic heterocycles. The maximum atomic E-state index is 13.8. The normalized spacial score (nSPS) is 17.3. The van der Waals surface area contributed by atoms with Gasteiger partial charge in [-0.05, 0) is 55.5 Å². The fourth-order valence-electron chi connectivity index (χ4n) is 5.18. The molecule has 2 aromatic carbocycles. The minimum absolute atomic E-state index is 0.0311. The van der Waals surface area contributed by atoms with Crippen molar-refractivity contribution in [1.29, 1.82) is 0 Å². The molecular formula is C31H39ClN4O3. The number of aryl methyl sites for hydroxylation is 1. The lowest BCUT2D eigenvalue weighted by molar-refractivity contribution is -0.134. The van der Waals surface area contributed by atoms with Gasteiger partial charge in [-0.1, -0.05) is 61.8 Å². The van der Waals surface area contributed by atoms with Gasteiger partial charge in [0.25, 0.3) is 5.91 Å². The molecule has 0 saturated carbocycles. The lowest BCUT2D eigenvalue weighted by Crippen LogP contribution is -2.51. The Bertz CT molecular complexity index is 1280. The quantitative estimate of drug-likeness (QED) is 0.309. The van der Waals surface area contributed by atoms with E-state index in [0.717, 1.165) is 24.1 Å². The molecule has 208 valence electrons. The molecule has 1 saturated heterocycles. The number of amides is 2. The summed E-state index contributed by atoms with van der Waals surface area (Å²) >= 11 is 6.19. The zero-order chi connectivity index (χ0) is 28.0. The van der Waals surface area contributed by atoms with E-state index < -0.39 is 5.41 Å². The van der Waals surface area contributed by atoms with Crippen LogP contribution in [0.25, 0.3) is 0 Å². The number of hydrogen-bond acceptors (Lipinski definition) is 4. The van der Waals surface area contributed by atoms with E-state index in [-0.39, 0.29) is 24.2 Å². The predicted molar refractivity (Wildman–Crippen MR) is 154 cm³/mol. The molecular weight excluding hydrogens is 512 g/mol. The Morgan fingerprint density at radius 2 is 1.90 bits per heavy atom. The summed E-state index contributed by atoms with van der Waals surface area (Å²) in [5.74, 6) is 0.867. The van der Waals surface area contributed by atoms with Gasteiger partial charge in [-0.3, -0.25) is 14.3 Å². The van der Waals surface area contributed by atoms with E-state index >= 15 is 0 Å². The fraction of sp³-hybridized carbons (Fsp3) is 0.452. The van der Waals surface area contributed by atoms with Crippen LogP contribution in [-0.4, -0.2) is 58.1 Å². The van der Waals surface area contributed by atoms with Crippen LogP contribution in [0.15, 0.2) is 60.7 Å². The number of ether oxygens (including phenoxy) is 1. The largest absolute Gasteiger partial charge is 0.493 e. The Hall–Kier alpha value is -3.32. The van der Waals surface area contributed by atoms with Crippen LogP contribution in [0.1, 0.15) is 67.7 Å². The summed E-state index contributed by atoms with van der Waals surface area (Å²) in [5.41, 5.74) is 2.05. The van der Waals surface area contributed by atoms with Crippen LogP contribution in [-0.2, 0) is 17.9 Å². The Morgan fingerprint density at radius 1 is 1.13 bits per heavy atom. The third kappa shape index (κ3) is 7.21. The molecule has 7 nitrogen and oxygen atoms in total. The van der Waals surface area contributed by atoms with Gasteiger partial charge in [0.05, 0.1) is 12.3 Å². The van der Waals surface area contributed by atoms with Crippen LogP contribution in [0, 0.1) is 5.41 Å². The van der Waals surface area contributed by atoms with Gasteiger partial charge in [0, 0.05) is 50.1 Å². The summed E-state index contributed by atoms with van der Waals surface area (Å²) in [7, 11) is 1.83. The van der Waals surface area contributed by atoms with Crippen LogP contribution in [0.5, 0.6) is 5.75 Å². The highest BCUT2D eigenvalue weighted by atomic mass is 35.5. The van der Waals surface area contributed by atoms with Gasteiger partial charge in [-0.2, -0.15) is 5.10 Å². The average Bonchev–Trinajstić information content (AvgIpc) is 3.37. The number of nitrogens with zero attached hydrogens (tertiary/aromatic N) is 4. The molecule has 0 unspecified atom stereocenters. The Balaban J connectivity index is 1.56. The van der Waals surface area contributed by atoms with Gasteiger partial charge in [-0.15, -0.1) is 0 Å². The number of piperidine rings is 1. The number of hydrogen-bond donors (Lipinski definition) is 0. The molecule has 1 aromatic heterocycles. The highest BCUT2D eigenvalue weighted by Crippen LogP contribution is 2.36. The highest BCUT2D eigenvalue weighted by molar-refractivity contribution is 6.30. The molecule has 3 aromatic rings. The zero-order valence-corrected chi connectivity index (χ0v) is 24.2. The second kappa shape index (κ2) is 12.7. The van der Waals surface area contributed by atoms with E-state index in [2.05, 4.69) is 18.9 Å². The average molecular weight is 551 g/mol. The van der Waals surface area contributed by atoms with Crippen LogP contribution in [0.2, 0.25) is 5.02 Å². The molecule has 1 atom stereocenters. The Kier molecular flexibility index (Phi) is 9.33. The van der Waals surface area contributed by atoms with Crippen molar-refractivity contribution in [2.24, 2.45) is 5.41 Å². The lowest BCUT2D eigenvalue weighted by atomic mass is 9.77. The van der Waals surface area contributed by atoms with Crippen molar-refractivity contribution >= 4 is 23.4 Å². The summed E-state index contributed by atoms with van der Waals surface area (Å²) < 4.78 is 8.02. The first-order valence-corrected chi connectivity index (χ1v) is 14.1. The summed E-state index contributed by atoms with van der Waals surface area (Å²) in [6.45, 7) is 8.68. The van der Waals surface area contributed by atoms with Crippen molar-refractivity contribution in [2.75, 3.05) is 26.7 Å². The second-order valence-electron chi connectivity index (χ2n) is 10.9. The minimum atomic E-state index is -0.532. The highest BCUT2D eigenvalue weighted by Gasteiger charge is 2.41. The van der Waals surface area contributed by atoms with E-state index in [1.54, 1.807) is 21.7 Å². The van der Waals surface area contributed by atoms with Gasteiger partial charge < -0.3 is 14.5 Å². The van der Waals surface area contributed by atoms with Gasteiger partial charge >= 0.3 is 0 Å². The molecule has 2 amide bonds. The maximum Gasteiger partial charge on any atom is 0.272 e. The third-order valence-electron chi connectivity index (χ3n) is 7.41. The standard InChI is InChI=1S/C31H39ClN4O3/c1-5-36-28(18-27(33-36)23(2)3)30(38)35-16-10-15-31(21-35,22-39-26-14-9-13-25(32)17-26)19-29(37)34(4)20-24-11-7-6-8-12-24/h6-9,11-14,17-18,23H,5,10,15-16,19-22H2,1-4H3/t31-/m0/s1. The van der Waals surface area contributed by atoms with E-state index in [1.807, 2.05) is 67.4 Å². The van der Waals surface area contributed by atoms with Gasteiger partial charge in [0.2, 0.25) is 5.91 Å². The molecule has 39 heavy (non-hydrogen) atoms. The minimum Gasteiger partial charge on any atom is -0.493 e. The molecule has 8 heteroatoms. The van der Waals surface area contributed by atoms with Crippen LogP contribution in [0.3, 0.4) is 0 Å². The summed E-state index contributed by atoms with van der Waals surface area (Å²) in [4.78, 5) is 31.0. The van der Waals surface area contributed by atoms with Crippen molar-refractivity contribution in [3.05, 3.63) is 82.6 Å². The lowest BCUT2D eigenvalue weighted by Gasteiger charge is -2.42. The smallest absolute Gasteiger partial charge is 0.272 e. The van der Waals surface area contributed by atoms with Crippen molar-refractivity contribution in [1.82, 2.24) is 19.6 Å². The topological polar surface area (TPSA) is 67.7 Å². The van der Waals surface area contributed by atoms with Crippen molar-refractivity contribution in [3.63, 3.8) is 0 Å². The second-order valence-corrected chi connectivity index (χ2v) is 11.3. The van der Waals surface area contributed by atoms with Crippen LogP contribution < -0.4 is 4.74 Å². The molecule has 0 spiro atoms. The summed E-state index contributed by atoms with van der Waals surface area (Å²) in [5, 5.41) is 5.24. The molecule has 2 heterocycles. The zero-order valence-electron chi connectivity index (χ0n) is 23.4.